The van der Waals surface area contributed by atoms with E-state index in [1.807, 2.05) is 0 Å². The van der Waals surface area contributed by atoms with Gasteiger partial charge in [0.05, 0.1) is 5.56 Å². The Morgan fingerprint density at radius 1 is 1.38 bits per heavy atom. The second-order valence-corrected chi connectivity index (χ2v) is 5.06. The summed E-state index contributed by atoms with van der Waals surface area (Å²) in [5.74, 6) is -0.0147. The molecule has 112 valence electrons. The molecule has 0 radical (unpaired) electrons. The van der Waals surface area contributed by atoms with Crippen LogP contribution in [0.1, 0.15) is 15.9 Å². The molecule has 0 aliphatic heterocycles. The number of hydrogen-bond acceptors (Lipinski definition) is 4. The van der Waals surface area contributed by atoms with Crippen LogP contribution in [-0.2, 0) is 6.18 Å². The standard InChI is InChI=1S/C12H11F3N4OS/c13-12(14,15)9-3-1-2-8(6-9)10(20)16-4-5-21-11-17-7-18-19-11/h1-3,6-7H,4-5H2,(H,16,20)(H,17,18,19). The zero-order valence-corrected chi connectivity index (χ0v) is 11.5. The van der Waals surface area contributed by atoms with Gasteiger partial charge < -0.3 is 5.32 Å². The molecule has 0 spiro atoms. The number of rotatable bonds is 5. The molecule has 0 fully saturated rings. The van der Waals surface area contributed by atoms with E-state index in [2.05, 4.69) is 20.5 Å². The molecule has 2 N–H and O–H groups in total. The molecule has 2 aromatic rings. The van der Waals surface area contributed by atoms with Crippen molar-refractivity contribution in [2.24, 2.45) is 0 Å². The molecule has 21 heavy (non-hydrogen) atoms. The minimum atomic E-state index is -4.46. The van der Waals surface area contributed by atoms with Crippen LogP contribution in [0, 0.1) is 0 Å². The number of benzene rings is 1. The van der Waals surface area contributed by atoms with E-state index in [1.165, 1.54) is 30.2 Å². The predicted molar refractivity (Wildman–Crippen MR) is 70.9 cm³/mol. The van der Waals surface area contributed by atoms with Crippen LogP contribution in [0.5, 0.6) is 0 Å². The molecule has 0 atom stereocenters. The lowest BCUT2D eigenvalue weighted by Crippen LogP contribution is -2.26. The van der Waals surface area contributed by atoms with Gasteiger partial charge in [-0.25, -0.2) is 4.98 Å². The first-order valence-corrected chi connectivity index (χ1v) is 6.89. The molecule has 9 heteroatoms. The third-order valence-electron chi connectivity index (χ3n) is 2.47. The zero-order chi connectivity index (χ0) is 15.3. The molecule has 0 aliphatic carbocycles. The van der Waals surface area contributed by atoms with Gasteiger partial charge >= 0.3 is 6.18 Å². The number of nitrogens with one attached hydrogen (secondary N) is 2. The van der Waals surface area contributed by atoms with Crippen molar-refractivity contribution in [2.45, 2.75) is 11.3 Å². The van der Waals surface area contributed by atoms with E-state index in [-0.39, 0.29) is 5.56 Å². The third-order valence-corrected chi connectivity index (χ3v) is 3.35. The summed E-state index contributed by atoms with van der Waals surface area (Å²) in [5, 5.41) is 9.48. The number of amides is 1. The van der Waals surface area contributed by atoms with E-state index in [0.717, 1.165) is 12.1 Å². The topological polar surface area (TPSA) is 70.7 Å². The molecule has 1 amide bonds. The highest BCUT2D eigenvalue weighted by molar-refractivity contribution is 7.99. The first-order valence-electron chi connectivity index (χ1n) is 5.90. The maximum atomic E-state index is 12.5. The molecule has 1 aromatic heterocycles. The smallest absolute Gasteiger partial charge is 0.351 e. The normalized spacial score (nSPS) is 11.4. The molecule has 1 heterocycles. The summed E-state index contributed by atoms with van der Waals surface area (Å²) < 4.78 is 37.6. The number of aromatic nitrogens is 3. The van der Waals surface area contributed by atoms with Crippen LogP contribution in [0.2, 0.25) is 0 Å². The van der Waals surface area contributed by atoms with Crippen LogP contribution in [0.25, 0.3) is 0 Å². The van der Waals surface area contributed by atoms with Crippen LogP contribution in [-0.4, -0.2) is 33.4 Å². The molecular weight excluding hydrogens is 305 g/mol. The van der Waals surface area contributed by atoms with E-state index >= 15 is 0 Å². The minimum Gasteiger partial charge on any atom is -0.351 e. The number of carbonyl (C=O) groups excluding carboxylic acids is 1. The molecule has 0 bridgehead atoms. The van der Waals surface area contributed by atoms with Crippen molar-refractivity contribution in [3.8, 4) is 0 Å². The number of carbonyl (C=O) groups is 1. The van der Waals surface area contributed by atoms with Gasteiger partial charge in [-0.2, -0.15) is 18.3 Å². The molecule has 0 saturated carbocycles. The van der Waals surface area contributed by atoms with Crippen LogP contribution in [0.15, 0.2) is 35.7 Å². The van der Waals surface area contributed by atoms with Gasteiger partial charge in [-0.1, -0.05) is 17.8 Å². The molecule has 0 unspecified atom stereocenters. The van der Waals surface area contributed by atoms with Gasteiger partial charge in [0.1, 0.15) is 6.33 Å². The maximum absolute atomic E-state index is 12.5. The van der Waals surface area contributed by atoms with Crippen LogP contribution < -0.4 is 5.32 Å². The van der Waals surface area contributed by atoms with Crippen molar-refractivity contribution in [2.75, 3.05) is 12.3 Å². The molecule has 5 nitrogen and oxygen atoms in total. The van der Waals surface area contributed by atoms with Crippen LogP contribution in [0.3, 0.4) is 0 Å². The highest BCUT2D eigenvalue weighted by Crippen LogP contribution is 2.29. The summed E-state index contributed by atoms with van der Waals surface area (Å²) in [6, 6.07) is 4.31. The highest BCUT2D eigenvalue weighted by Gasteiger charge is 2.30. The quantitative estimate of drug-likeness (QED) is 0.656. The first kappa shape index (κ1) is 15.4. The van der Waals surface area contributed by atoms with Gasteiger partial charge in [0, 0.05) is 17.9 Å². The number of H-pyrrole nitrogens is 1. The van der Waals surface area contributed by atoms with Crippen LogP contribution in [0.4, 0.5) is 13.2 Å². The summed E-state index contributed by atoms with van der Waals surface area (Å²) >= 11 is 1.35. The summed E-state index contributed by atoms with van der Waals surface area (Å²) in [6.45, 7) is 0.306. The van der Waals surface area contributed by atoms with Gasteiger partial charge in [-0.15, -0.1) is 0 Å². The molecule has 1 aromatic carbocycles. The first-order chi connectivity index (χ1) is 9.97. The summed E-state index contributed by atoms with van der Waals surface area (Å²) in [6.07, 6.45) is -3.10. The molecule has 0 saturated heterocycles. The molecule has 2 rings (SSSR count). The number of nitrogens with zero attached hydrogens (tertiary/aromatic N) is 2. The summed E-state index contributed by atoms with van der Waals surface area (Å²) in [4.78, 5) is 15.6. The van der Waals surface area contributed by atoms with E-state index in [9.17, 15) is 18.0 Å². The summed E-state index contributed by atoms with van der Waals surface area (Å²) in [5.41, 5.74) is -0.860. The Labute approximate surface area is 122 Å². The zero-order valence-electron chi connectivity index (χ0n) is 10.6. The Bertz CT molecular complexity index is 601. The highest BCUT2D eigenvalue weighted by atomic mass is 32.2. The van der Waals surface area contributed by atoms with E-state index in [0.29, 0.717) is 17.5 Å². The number of hydrogen-bond donors (Lipinski definition) is 2. The predicted octanol–water partition coefficient (Wildman–Crippen LogP) is 2.35. The van der Waals surface area contributed by atoms with Gasteiger partial charge in [-0.3, -0.25) is 9.89 Å². The Hall–Kier alpha value is -2.03. The Balaban J connectivity index is 1.85. The fourth-order valence-corrected chi connectivity index (χ4v) is 2.15. The van der Waals surface area contributed by atoms with E-state index < -0.39 is 17.6 Å². The lowest BCUT2D eigenvalue weighted by atomic mass is 10.1. The van der Waals surface area contributed by atoms with Crippen molar-refractivity contribution in [3.63, 3.8) is 0 Å². The van der Waals surface area contributed by atoms with Gasteiger partial charge in [-0.05, 0) is 18.2 Å². The van der Waals surface area contributed by atoms with Crippen molar-refractivity contribution in [3.05, 3.63) is 41.7 Å². The van der Waals surface area contributed by atoms with Gasteiger partial charge in [0.25, 0.3) is 5.91 Å². The maximum Gasteiger partial charge on any atom is 0.416 e. The third kappa shape index (κ3) is 4.48. The Kier molecular flexibility index (Phi) is 4.84. The lowest BCUT2D eigenvalue weighted by molar-refractivity contribution is -0.137. The van der Waals surface area contributed by atoms with Crippen molar-refractivity contribution < 1.29 is 18.0 Å². The van der Waals surface area contributed by atoms with Crippen molar-refractivity contribution in [1.82, 2.24) is 20.5 Å². The SMILES string of the molecule is O=C(NCCSc1ncn[nH]1)c1cccc(C(F)(F)F)c1. The van der Waals surface area contributed by atoms with E-state index in [4.69, 9.17) is 0 Å². The van der Waals surface area contributed by atoms with Gasteiger partial charge in [0.15, 0.2) is 5.16 Å². The second kappa shape index (κ2) is 6.61. The lowest BCUT2D eigenvalue weighted by Gasteiger charge is -2.09. The second-order valence-electron chi connectivity index (χ2n) is 3.97. The largest absolute Gasteiger partial charge is 0.416 e. The molecular formula is C12H11F3N4OS. The monoisotopic (exact) mass is 316 g/mol. The number of thioether (sulfide) groups is 1. The van der Waals surface area contributed by atoms with Crippen molar-refractivity contribution >= 4 is 17.7 Å². The van der Waals surface area contributed by atoms with Gasteiger partial charge in [0.2, 0.25) is 0 Å². The minimum absolute atomic E-state index is 0.0190. The fraction of sp³-hybridized carbons (Fsp3) is 0.250. The van der Waals surface area contributed by atoms with Crippen LogP contribution >= 0.6 is 11.8 Å². The number of halogens is 3. The number of alkyl halides is 3. The van der Waals surface area contributed by atoms with Crippen molar-refractivity contribution in [1.29, 1.82) is 0 Å². The summed E-state index contributed by atoms with van der Waals surface area (Å²) in [7, 11) is 0. The number of aromatic amines is 1. The Morgan fingerprint density at radius 2 is 2.19 bits per heavy atom. The average molecular weight is 316 g/mol. The van der Waals surface area contributed by atoms with E-state index in [1.54, 1.807) is 0 Å². The fourth-order valence-electron chi connectivity index (χ4n) is 1.51. The molecule has 0 aliphatic rings. The Morgan fingerprint density at radius 3 is 2.86 bits per heavy atom. The average Bonchev–Trinajstić information content (AvgIpc) is 2.96.